The van der Waals surface area contributed by atoms with Crippen LogP contribution in [0.5, 0.6) is 0 Å². The monoisotopic (exact) mass is 396 g/mol. The first-order chi connectivity index (χ1) is 13.1. The summed E-state index contributed by atoms with van der Waals surface area (Å²) in [6, 6.07) is 17.4. The predicted molar refractivity (Wildman–Crippen MR) is 108 cm³/mol. The molecule has 0 saturated heterocycles. The number of ether oxygens (including phenoxy) is 1. The van der Waals surface area contributed by atoms with Gasteiger partial charge in [-0.1, -0.05) is 30.3 Å². The van der Waals surface area contributed by atoms with Gasteiger partial charge in [0, 0.05) is 11.7 Å². The summed E-state index contributed by atoms with van der Waals surface area (Å²) in [5.41, 5.74) is 0.925. The molecule has 5 nitrogen and oxygen atoms in total. The second kappa shape index (κ2) is 7.46. The van der Waals surface area contributed by atoms with Gasteiger partial charge in [0.15, 0.2) is 6.61 Å². The van der Waals surface area contributed by atoms with E-state index in [4.69, 9.17) is 4.74 Å². The molecule has 0 aliphatic rings. The molecule has 2 heterocycles. The van der Waals surface area contributed by atoms with Gasteiger partial charge >= 0.3 is 5.97 Å². The Morgan fingerprint density at radius 1 is 1.04 bits per heavy atom. The Morgan fingerprint density at radius 3 is 2.56 bits per heavy atom. The fraction of sp³-hybridized carbons (Fsp3) is 0.150. The Labute approximate surface area is 163 Å². The molecule has 0 aliphatic carbocycles. The van der Waals surface area contributed by atoms with Crippen LogP contribution in [0, 0.1) is 0 Å². The number of thiazole rings is 1. The number of benzene rings is 2. The lowest BCUT2D eigenvalue weighted by Gasteiger charge is -2.15. The minimum atomic E-state index is -0.474. The third kappa shape index (κ3) is 3.84. The highest BCUT2D eigenvalue weighted by Gasteiger charge is 2.17. The quantitative estimate of drug-likeness (QED) is 0.471. The zero-order valence-corrected chi connectivity index (χ0v) is 16.2. The van der Waals surface area contributed by atoms with Gasteiger partial charge in [0.2, 0.25) is 0 Å². The van der Waals surface area contributed by atoms with Gasteiger partial charge in [0.25, 0.3) is 5.91 Å². The van der Waals surface area contributed by atoms with Crippen molar-refractivity contribution in [2.45, 2.75) is 6.54 Å². The predicted octanol–water partition coefficient (Wildman–Crippen LogP) is 4.33. The molecule has 4 rings (SSSR count). The van der Waals surface area contributed by atoms with Crippen molar-refractivity contribution in [1.29, 1.82) is 0 Å². The Kier molecular flexibility index (Phi) is 4.87. The summed E-state index contributed by atoms with van der Waals surface area (Å²) < 4.78 is 7.31. The number of fused-ring (bicyclic) bond motifs is 2. The summed E-state index contributed by atoms with van der Waals surface area (Å²) in [7, 11) is 1.68. The maximum atomic E-state index is 12.3. The van der Waals surface area contributed by atoms with E-state index in [-0.39, 0.29) is 12.5 Å². The Bertz CT molecular complexity index is 1070. The smallest absolute Gasteiger partial charge is 0.348 e. The van der Waals surface area contributed by atoms with E-state index in [1.54, 1.807) is 24.5 Å². The average molecular weight is 396 g/mol. The average Bonchev–Trinajstić information content (AvgIpc) is 3.28. The van der Waals surface area contributed by atoms with Crippen molar-refractivity contribution in [3.63, 3.8) is 0 Å². The van der Waals surface area contributed by atoms with Gasteiger partial charge in [-0.3, -0.25) is 4.79 Å². The topological polar surface area (TPSA) is 59.5 Å². The van der Waals surface area contributed by atoms with Gasteiger partial charge in [-0.25, -0.2) is 9.78 Å². The van der Waals surface area contributed by atoms with Crippen molar-refractivity contribution in [3.05, 3.63) is 64.5 Å². The molecular weight excluding hydrogens is 380 g/mol. The number of thiophene rings is 1. The van der Waals surface area contributed by atoms with Crippen LogP contribution in [0.25, 0.3) is 20.3 Å². The molecule has 0 radical (unpaired) electrons. The van der Waals surface area contributed by atoms with Crippen LogP contribution >= 0.6 is 22.7 Å². The molecule has 0 spiro atoms. The fourth-order valence-electron chi connectivity index (χ4n) is 2.67. The van der Waals surface area contributed by atoms with Crippen LogP contribution in [0.4, 0.5) is 0 Å². The Hall–Kier alpha value is -2.77. The summed E-state index contributed by atoms with van der Waals surface area (Å²) in [4.78, 5) is 31.1. The van der Waals surface area contributed by atoms with E-state index in [1.165, 1.54) is 16.2 Å². The van der Waals surface area contributed by atoms with Gasteiger partial charge in [0.05, 0.1) is 16.8 Å². The molecule has 2 aromatic heterocycles. The number of carbonyl (C=O) groups excluding carboxylic acids is 2. The van der Waals surface area contributed by atoms with Crippen LogP contribution in [0.2, 0.25) is 0 Å². The van der Waals surface area contributed by atoms with Crippen LogP contribution < -0.4 is 0 Å². The van der Waals surface area contributed by atoms with Gasteiger partial charge in [-0.15, -0.1) is 22.7 Å². The second-order valence-electron chi connectivity index (χ2n) is 6.05. The maximum Gasteiger partial charge on any atom is 0.348 e. The molecule has 0 saturated carbocycles. The third-order valence-electron chi connectivity index (χ3n) is 4.09. The summed E-state index contributed by atoms with van der Waals surface area (Å²) in [5, 5.41) is 1.84. The third-order valence-corrected chi connectivity index (χ3v) is 6.21. The minimum Gasteiger partial charge on any atom is -0.451 e. The fourth-order valence-corrected chi connectivity index (χ4v) is 4.65. The highest BCUT2D eigenvalue weighted by molar-refractivity contribution is 7.20. The molecule has 0 unspecified atom stereocenters. The van der Waals surface area contributed by atoms with Crippen LogP contribution in [0.15, 0.2) is 54.6 Å². The minimum absolute atomic E-state index is 0.260. The summed E-state index contributed by atoms with van der Waals surface area (Å²) >= 11 is 2.92. The van der Waals surface area contributed by atoms with Crippen molar-refractivity contribution in [3.8, 4) is 0 Å². The first-order valence-corrected chi connectivity index (χ1v) is 9.97. The summed E-state index contributed by atoms with van der Waals surface area (Å²) in [6.07, 6.45) is 0. The highest BCUT2D eigenvalue weighted by atomic mass is 32.1. The van der Waals surface area contributed by atoms with E-state index < -0.39 is 5.97 Å². The summed E-state index contributed by atoms with van der Waals surface area (Å²) in [5.74, 6) is -0.735. The first-order valence-electron chi connectivity index (χ1n) is 8.34. The van der Waals surface area contributed by atoms with Crippen LogP contribution in [0.1, 0.15) is 14.7 Å². The summed E-state index contributed by atoms with van der Waals surface area (Å²) in [6.45, 7) is 0.104. The molecule has 136 valence electrons. The molecular formula is C20H16N2O3S2. The molecule has 7 heteroatoms. The van der Waals surface area contributed by atoms with Crippen LogP contribution in [0.3, 0.4) is 0 Å². The van der Waals surface area contributed by atoms with E-state index in [0.29, 0.717) is 11.4 Å². The van der Waals surface area contributed by atoms with Gasteiger partial charge < -0.3 is 9.64 Å². The molecule has 0 fully saturated rings. The van der Waals surface area contributed by atoms with E-state index in [0.717, 1.165) is 25.3 Å². The highest BCUT2D eigenvalue weighted by Crippen LogP contribution is 2.26. The molecule has 0 aliphatic heterocycles. The van der Waals surface area contributed by atoms with Crippen molar-refractivity contribution in [2.75, 3.05) is 13.7 Å². The number of likely N-dealkylation sites (N-methyl/N-ethyl adjacent to an activating group) is 1. The van der Waals surface area contributed by atoms with E-state index in [1.807, 2.05) is 48.5 Å². The number of nitrogens with zero attached hydrogens (tertiary/aromatic N) is 2. The molecule has 1 amide bonds. The van der Waals surface area contributed by atoms with Gasteiger partial charge in [-0.05, 0) is 29.7 Å². The van der Waals surface area contributed by atoms with Gasteiger partial charge in [-0.2, -0.15) is 0 Å². The van der Waals surface area contributed by atoms with Crippen molar-refractivity contribution < 1.29 is 14.3 Å². The zero-order valence-electron chi connectivity index (χ0n) is 14.5. The number of hydrogen-bond acceptors (Lipinski definition) is 6. The zero-order chi connectivity index (χ0) is 18.8. The van der Waals surface area contributed by atoms with Crippen LogP contribution in [-0.4, -0.2) is 35.4 Å². The number of para-hydroxylation sites is 1. The first kappa shape index (κ1) is 17.6. The number of carbonyl (C=O) groups is 2. The van der Waals surface area contributed by atoms with Crippen LogP contribution in [-0.2, 0) is 16.1 Å². The number of hydrogen-bond donors (Lipinski definition) is 0. The molecule has 0 N–H and O–H groups in total. The Balaban J connectivity index is 1.35. The molecule has 27 heavy (non-hydrogen) atoms. The van der Waals surface area contributed by atoms with E-state index in [2.05, 4.69) is 4.98 Å². The van der Waals surface area contributed by atoms with Crippen molar-refractivity contribution in [1.82, 2.24) is 9.88 Å². The molecule has 0 atom stereocenters. The lowest BCUT2D eigenvalue weighted by Crippen LogP contribution is -2.30. The largest absolute Gasteiger partial charge is 0.451 e. The Morgan fingerprint density at radius 2 is 1.78 bits per heavy atom. The SMILES string of the molecule is CN(Cc1nc2ccccc2s1)C(=O)COC(=O)c1cc2ccccc2s1. The van der Waals surface area contributed by atoms with Crippen molar-refractivity contribution in [2.24, 2.45) is 0 Å². The van der Waals surface area contributed by atoms with Gasteiger partial charge in [0.1, 0.15) is 9.88 Å². The number of rotatable bonds is 5. The van der Waals surface area contributed by atoms with Crippen molar-refractivity contribution >= 4 is 54.9 Å². The molecule has 0 bridgehead atoms. The number of aromatic nitrogens is 1. The lowest BCUT2D eigenvalue weighted by atomic mass is 10.2. The maximum absolute atomic E-state index is 12.3. The number of esters is 1. The normalized spacial score (nSPS) is 11.0. The van der Waals surface area contributed by atoms with E-state index >= 15 is 0 Å². The standard InChI is InChI=1S/C20H16N2O3S2/c1-22(11-18-21-14-7-3-5-9-16(14)27-18)19(23)12-25-20(24)17-10-13-6-2-4-8-15(13)26-17/h2-10H,11-12H2,1H3. The second-order valence-corrected chi connectivity index (χ2v) is 8.25. The number of amides is 1. The molecule has 4 aromatic rings. The lowest BCUT2D eigenvalue weighted by molar-refractivity contribution is -0.133. The van der Waals surface area contributed by atoms with E-state index in [9.17, 15) is 9.59 Å². The molecule has 2 aromatic carbocycles.